The van der Waals surface area contributed by atoms with Gasteiger partial charge in [0.1, 0.15) is 0 Å². The predicted octanol–water partition coefficient (Wildman–Crippen LogP) is 7.84. The molecule has 0 aromatic heterocycles. The van der Waals surface area contributed by atoms with Crippen LogP contribution in [0.4, 0.5) is 0 Å². The number of carboxylic acids is 2. The maximum absolute atomic E-state index is 12.5. The first kappa shape index (κ1) is 27.9. The van der Waals surface area contributed by atoms with Crippen LogP contribution in [-0.2, 0) is 9.59 Å². The van der Waals surface area contributed by atoms with E-state index in [1.165, 1.54) is 0 Å². The fraction of sp³-hybridized carbons (Fsp3) is 0.920. The largest absolute Gasteiger partial charge is 0.481 e. The van der Waals surface area contributed by atoms with Crippen LogP contribution in [0.5, 0.6) is 0 Å². The summed E-state index contributed by atoms with van der Waals surface area (Å²) in [4.78, 5) is 24.7. The standard InChI is InChI=1S/C25H48O4/c1-4-7-10-13-16-19-22(23(26)27)25(24(28)29,20-17-14-11-8-5-2)21-18-15-12-9-6-3/h22H,4-21H2,1-3H3,(H,26,27)(H,28,29). The van der Waals surface area contributed by atoms with Crippen LogP contribution in [0.3, 0.4) is 0 Å². The van der Waals surface area contributed by atoms with Crippen molar-refractivity contribution in [3.63, 3.8) is 0 Å². The van der Waals surface area contributed by atoms with Gasteiger partial charge in [-0.1, -0.05) is 117 Å². The molecular formula is C25H48O4. The Morgan fingerprint density at radius 1 is 0.621 bits per heavy atom. The van der Waals surface area contributed by atoms with Crippen LogP contribution in [0.2, 0.25) is 0 Å². The Kier molecular flexibility index (Phi) is 17.1. The summed E-state index contributed by atoms with van der Waals surface area (Å²) in [6, 6.07) is 0. The molecule has 0 bridgehead atoms. The fourth-order valence-electron chi connectivity index (χ4n) is 4.51. The Morgan fingerprint density at radius 3 is 1.34 bits per heavy atom. The lowest BCUT2D eigenvalue weighted by Crippen LogP contribution is -2.43. The van der Waals surface area contributed by atoms with Gasteiger partial charge in [-0.3, -0.25) is 9.59 Å². The zero-order chi connectivity index (χ0) is 22.0. The van der Waals surface area contributed by atoms with Gasteiger partial charge in [0, 0.05) is 0 Å². The molecule has 0 aliphatic rings. The minimum absolute atomic E-state index is 0.495. The first-order valence-corrected chi connectivity index (χ1v) is 12.4. The molecule has 0 rings (SSSR count). The number of hydrogen-bond acceptors (Lipinski definition) is 2. The summed E-state index contributed by atoms with van der Waals surface area (Å²) >= 11 is 0. The summed E-state index contributed by atoms with van der Waals surface area (Å²) < 4.78 is 0. The van der Waals surface area contributed by atoms with Crippen LogP contribution in [0.25, 0.3) is 0 Å². The molecule has 0 radical (unpaired) electrons. The van der Waals surface area contributed by atoms with Crippen LogP contribution in [-0.4, -0.2) is 22.2 Å². The average Bonchev–Trinajstić information content (AvgIpc) is 2.68. The van der Waals surface area contributed by atoms with Gasteiger partial charge in [0.15, 0.2) is 0 Å². The van der Waals surface area contributed by atoms with Crippen molar-refractivity contribution >= 4 is 11.9 Å². The maximum atomic E-state index is 12.5. The molecule has 1 atom stereocenters. The quantitative estimate of drug-likeness (QED) is 0.188. The van der Waals surface area contributed by atoms with Gasteiger partial charge in [0.05, 0.1) is 11.3 Å². The van der Waals surface area contributed by atoms with Crippen molar-refractivity contribution in [2.24, 2.45) is 11.3 Å². The summed E-state index contributed by atoms with van der Waals surface area (Å²) in [7, 11) is 0. The smallest absolute Gasteiger partial charge is 0.310 e. The van der Waals surface area contributed by atoms with Crippen molar-refractivity contribution in [1.29, 1.82) is 0 Å². The van der Waals surface area contributed by atoms with E-state index in [2.05, 4.69) is 20.8 Å². The van der Waals surface area contributed by atoms with Crippen LogP contribution in [0, 0.1) is 11.3 Å². The monoisotopic (exact) mass is 412 g/mol. The van der Waals surface area contributed by atoms with Gasteiger partial charge in [-0.25, -0.2) is 0 Å². The summed E-state index contributed by atoms with van der Waals surface area (Å²) in [5.74, 6) is -2.56. The van der Waals surface area contributed by atoms with E-state index in [1.54, 1.807) is 0 Å². The molecule has 0 spiro atoms. The van der Waals surface area contributed by atoms with Gasteiger partial charge in [-0.2, -0.15) is 0 Å². The van der Waals surface area contributed by atoms with Crippen LogP contribution < -0.4 is 0 Å². The molecule has 0 aliphatic carbocycles. The topological polar surface area (TPSA) is 74.6 Å². The van der Waals surface area contributed by atoms with E-state index in [4.69, 9.17) is 0 Å². The summed E-state index contributed by atoms with van der Waals surface area (Å²) in [5.41, 5.74) is -1.10. The Bertz CT molecular complexity index is 405. The van der Waals surface area contributed by atoms with E-state index >= 15 is 0 Å². The lowest BCUT2D eigenvalue weighted by Gasteiger charge is -2.35. The van der Waals surface area contributed by atoms with Gasteiger partial charge in [-0.15, -0.1) is 0 Å². The first-order chi connectivity index (χ1) is 14.0. The number of hydrogen-bond donors (Lipinski definition) is 2. The predicted molar refractivity (Wildman–Crippen MR) is 121 cm³/mol. The van der Waals surface area contributed by atoms with Crippen molar-refractivity contribution in [3.8, 4) is 0 Å². The van der Waals surface area contributed by atoms with Crippen molar-refractivity contribution < 1.29 is 19.8 Å². The van der Waals surface area contributed by atoms with E-state index in [0.717, 1.165) is 96.3 Å². The maximum Gasteiger partial charge on any atom is 0.310 e. The zero-order valence-electron chi connectivity index (χ0n) is 19.5. The SMILES string of the molecule is CCCCCCCC(C(=O)O)C(CCCCCCC)(CCCCCCC)C(=O)O. The number of aliphatic carboxylic acids is 2. The summed E-state index contributed by atoms with van der Waals surface area (Å²) in [5, 5.41) is 20.2. The number of unbranched alkanes of at least 4 members (excludes halogenated alkanes) is 12. The first-order valence-electron chi connectivity index (χ1n) is 12.4. The van der Waals surface area contributed by atoms with E-state index in [1.807, 2.05) is 0 Å². The van der Waals surface area contributed by atoms with Gasteiger partial charge in [0.2, 0.25) is 0 Å². The van der Waals surface area contributed by atoms with E-state index < -0.39 is 23.3 Å². The molecule has 0 aromatic carbocycles. The number of rotatable bonds is 21. The van der Waals surface area contributed by atoms with Crippen LogP contribution in [0.1, 0.15) is 136 Å². The second-order valence-electron chi connectivity index (χ2n) is 8.88. The second kappa shape index (κ2) is 17.8. The fourth-order valence-corrected chi connectivity index (χ4v) is 4.51. The van der Waals surface area contributed by atoms with Crippen molar-refractivity contribution in [1.82, 2.24) is 0 Å². The van der Waals surface area contributed by atoms with Crippen molar-refractivity contribution in [2.45, 2.75) is 136 Å². The average molecular weight is 413 g/mol. The van der Waals surface area contributed by atoms with Crippen LogP contribution in [0.15, 0.2) is 0 Å². The highest BCUT2D eigenvalue weighted by molar-refractivity contribution is 5.83. The molecular weight excluding hydrogens is 364 g/mol. The second-order valence-corrected chi connectivity index (χ2v) is 8.88. The summed E-state index contributed by atoms with van der Waals surface area (Å²) in [6.07, 6.45) is 17.2. The molecule has 0 aliphatic heterocycles. The molecule has 29 heavy (non-hydrogen) atoms. The van der Waals surface area contributed by atoms with Crippen molar-refractivity contribution in [3.05, 3.63) is 0 Å². The molecule has 1 unspecified atom stereocenters. The number of carbonyl (C=O) groups is 2. The highest BCUT2D eigenvalue weighted by atomic mass is 16.4. The lowest BCUT2D eigenvalue weighted by atomic mass is 9.66. The number of carboxylic acid groups (broad SMARTS) is 2. The van der Waals surface area contributed by atoms with E-state index in [-0.39, 0.29) is 0 Å². The van der Waals surface area contributed by atoms with Gasteiger partial charge in [0.25, 0.3) is 0 Å². The Hall–Kier alpha value is -1.06. The molecule has 0 amide bonds. The van der Waals surface area contributed by atoms with Crippen molar-refractivity contribution in [2.75, 3.05) is 0 Å². The van der Waals surface area contributed by atoms with Gasteiger partial charge in [-0.05, 0) is 19.3 Å². The molecule has 0 saturated carbocycles. The lowest BCUT2D eigenvalue weighted by molar-refractivity contribution is -0.165. The van der Waals surface area contributed by atoms with E-state index in [9.17, 15) is 19.8 Å². The molecule has 0 saturated heterocycles. The highest BCUT2D eigenvalue weighted by Crippen LogP contribution is 2.42. The Labute approximate surface area is 179 Å². The van der Waals surface area contributed by atoms with Gasteiger partial charge >= 0.3 is 11.9 Å². The molecule has 0 aromatic rings. The van der Waals surface area contributed by atoms with E-state index in [0.29, 0.717) is 19.3 Å². The van der Waals surface area contributed by atoms with Gasteiger partial charge < -0.3 is 10.2 Å². The Balaban J connectivity index is 5.18. The third-order valence-electron chi connectivity index (χ3n) is 6.44. The minimum Gasteiger partial charge on any atom is -0.481 e. The molecule has 2 N–H and O–H groups in total. The summed E-state index contributed by atoms with van der Waals surface area (Å²) in [6.45, 7) is 6.49. The third kappa shape index (κ3) is 11.6. The molecule has 172 valence electrons. The van der Waals surface area contributed by atoms with Crippen LogP contribution >= 0.6 is 0 Å². The molecule has 0 fully saturated rings. The normalized spacial score (nSPS) is 12.8. The molecule has 4 heteroatoms. The molecule has 0 heterocycles. The zero-order valence-corrected chi connectivity index (χ0v) is 19.5. The molecule has 4 nitrogen and oxygen atoms in total. The third-order valence-corrected chi connectivity index (χ3v) is 6.44. The minimum atomic E-state index is -1.10. The highest BCUT2D eigenvalue weighted by Gasteiger charge is 2.48. The Morgan fingerprint density at radius 2 is 1.00 bits per heavy atom.